The first-order chi connectivity index (χ1) is 14.7. The summed E-state index contributed by atoms with van der Waals surface area (Å²) in [5.74, 6) is 1.15. The van der Waals surface area contributed by atoms with E-state index in [1.54, 1.807) is 0 Å². The second-order valence-electron chi connectivity index (χ2n) is 8.47. The lowest BCUT2D eigenvalue weighted by Gasteiger charge is -2.19. The van der Waals surface area contributed by atoms with Crippen molar-refractivity contribution in [3.05, 3.63) is 35.4 Å². The molecule has 0 radical (unpaired) electrons. The van der Waals surface area contributed by atoms with E-state index >= 15 is 0 Å². The highest BCUT2D eigenvalue weighted by molar-refractivity contribution is 5.79. The first-order valence-electron chi connectivity index (χ1n) is 11.8. The highest BCUT2D eigenvalue weighted by Gasteiger charge is 2.18. The number of nitrogens with zero attached hydrogens (tertiary/aromatic N) is 3. The fraction of sp³-hybridized carbons (Fsp3) is 0.667. The maximum Gasteiger partial charge on any atom is 0.222 e. The number of amides is 1. The van der Waals surface area contributed by atoms with E-state index < -0.39 is 0 Å². The maximum absolute atomic E-state index is 11.7. The third-order valence-electron chi connectivity index (χ3n) is 5.96. The predicted octanol–water partition coefficient (Wildman–Crippen LogP) is 3.13. The van der Waals surface area contributed by atoms with Crippen LogP contribution in [0, 0.1) is 0 Å². The number of carbonyl (C=O) groups excluding carboxylic acids is 1. The number of guanidine groups is 1. The quantitative estimate of drug-likeness (QED) is 0.371. The van der Waals surface area contributed by atoms with Gasteiger partial charge in [-0.2, -0.15) is 0 Å². The van der Waals surface area contributed by atoms with Gasteiger partial charge < -0.3 is 15.5 Å². The Morgan fingerprint density at radius 1 is 0.967 bits per heavy atom. The van der Waals surface area contributed by atoms with Crippen molar-refractivity contribution in [1.82, 2.24) is 20.4 Å². The molecule has 2 aliphatic heterocycles. The summed E-state index contributed by atoms with van der Waals surface area (Å²) in [5, 5.41) is 6.71. The molecular formula is C24H39N5O. The number of carbonyl (C=O) groups is 1. The fourth-order valence-corrected chi connectivity index (χ4v) is 4.23. The van der Waals surface area contributed by atoms with Crippen molar-refractivity contribution in [2.75, 3.05) is 39.3 Å². The van der Waals surface area contributed by atoms with Crippen LogP contribution in [0.4, 0.5) is 0 Å². The minimum Gasteiger partial charge on any atom is -0.357 e. The molecule has 2 aliphatic rings. The van der Waals surface area contributed by atoms with Crippen LogP contribution < -0.4 is 10.6 Å². The van der Waals surface area contributed by atoms with Crippen molar-refractivity contribution in [2.24, 2.45) is 4.99 Å². The van der Waals surface area contributed by atoms with Gasteiger partial charge in [0.2, 0.25) is 5.91 Å². The summed E-state index contributed by atoms with van der Waals surface area (Å²) in [6, 6.07) is 8.92. The molecule has 1 aromatic carbocycles. The summed E-state index contributed by atoms with van der Waals surface area (Å²) in [6.07, 6.45) is 8.10. The third kappa shape index (κ3) is 7.63. The number of aliphatic imine (C=N–C) groups is 1. The lowest BCUT2D eigenvalue weighted by molar-refractivity contribution is -0.127. The smallest absolute Gasteiger partial charge is 0.222 e. The molecular weight excluding hydrogens is 374 g/mol. The van der Waals surface area contributed by atoms with Crippen molar-refractivity contribution in [1.29, 1.82) is 0 Å². The SMILES string of the molecule is CCNC(=NCc1ccc(CN2CCCCCC2)cc1)NCCCN1CCCC1=O. The van der Waals surface area contributed by atoms with Crippen LogP contribution in [0.25, 0.3) is 0 Å². The summed E-state index contributed by atoms with van der Waals surface area (Å²) in [4.78, 5) is 21.0. The van der Waals surface area contributed by atoms with Crippen molar-refractivity contribution < 1.29 is 4.79 Å². The zero-order valence-electron chi connectivity index (χ0n) is 18.7. The number of hydrogen-bond acceptors (Lipinski definition) is 3. The van der Waals surface area contributed by atoms with Crippen molar-refractivity contribution in [3.63, 3.8) is 0 Å². The normalized spacial score (nSPS) is 18.5. The van der Waals surface area contributed by atoms with Gasteiger partial charge in [0, 0.05) is 39.1 Å². The molecule has 30 heavy (non-hydrogen) atoms. The largest absolute Gasteiger partial charge is 0.357 e. The fourth-order valence-electron chi connectivity index (χ4n) is 4.23. The Kier molecular flexibility index (Phi) is 9.48. The summed E-state index contributed by atoms with van der Waals surface area (Å²) in [7, 11) is 0. The summed E-state index contributed by atoms with van der Waals surface area (Å²) in [5.41, 5.74) is 2.63. The number of hydrogen-bond donors (Lipinski definition) is 2. The second-order valence-corrected chi connectivity index (χ2v) is 8.47. The van der Waals surface area contributed by atoms with Gasteiger partial charge in [-0.3, -0.25) is 9.69 Å². The molecule has 1 aromatic rings. The van der Waals surface area contributed by atoms with Gasteiger partial charge >= 0.3 is 0 Å². The van der Waals surface area contributed by atoms with E-state index in [4.69, 9.17) is 4.99 Å². The zero-order valence-corrected chi connectivity index (χ0v) is 18.7. The number of rotatable bonds is 9. The molecule has 6 heteroatoms. The maximum atomic E-state index is 11.7. The van der Waals surface area contributed by atoms with E-state index in [-0.39, 0.29) is 0 Å². The molecule has 0 unspecified atom stereocenters. The molecule has 0 spiro atoms. The topological polar surface area (TPSA) is 60.0 Å². The Bertz CT molecular complexity index is 665. The van der Waals surface area contributed by atoms with Gasteiger partial charge in [0.15, 0.2) is 5.96 Å². The minimum absolute atomic E-state index is 0.301. The lowest BCUT2D eigenvalue weighted by Crippen LogP contribution is -2.39. The Labute approximate surface area is 182 Å². The first kappa shape index (κ1) is 22.6. The predicted molar refractivity (Wildman–Crippen MR) is 123 cm³/mol. The van der Waals surface area contributed by atoms with Gasteiger partial charge in [-0.05, 0) is 56.8 Å². The van der Waals surface area contributed by atoms with Gasteiger partial charge in [-0.1, -0.05) is 37.1 Å². The molecule has 2 N–H and O–H groups in total. The van der Waals surface area contributed by atoms with E-state index in [1.807, 2.05) is 4.90 Å². The molecule has 2 fully saturated rings. The zero-order chi connectivity index (χ0) is 21.0. The third-order valence-corrected chi connectivity index (χ3v) is 5.96. The first-order valence-corrected chi connectivity index (χ1v) is 11.8. The van der Waals surface area contributed by atoms with Crippen LogP contribution >= 0.6 is 0 Å². The molecule has 0 saturated carbocycles. The number of likely N-dealkylation sites (tertiary alicyclic amines) is 2. The van der Waals surface area contributed by atoms with Gasteiger partial charge in [0.1, 0.15) is 0 Å². The van der Waals surface area contributed by atoms with Crippen molar-refractivity contribution in [2.45, 2.75) is 65.0 Å². The van der Waals surface area contributed by atoms with Crippen LogP contribution in [-0.4, -0.2) is 60.9 Å². The van der Waals surface area contributed by atoms with Gasteiger partial charge in [0.05, 0.1) is 6.54 Å². The van der Waals surface area contributed by atoms with E-state index in [1.165, 1.54) is 49.9 Å². The Morgan fingerprint density at radius 2 is 1.70 bits per heavy atom. The van der Waals surface area contributed by atoms with Gasteiger partial charge in [0.25, 0.3) is 0 Å². The standard InChI is InChI=1S/C24H39N5O/c1-2-25-24(26-14-8-18-29-17-7-9-23(29)30)27-19-21-10-12-22(13-11-21)20-28-15-5-3-4-6-16-28/h10-13H,2-9,14-20H2,1H3,(H2,25,26,27). The van der Waals surface area contributed by atoms with Crippen LogP contribution in [0.3, 0.4) is 0 Å². The van der Waals surface area contributed by atoms with Crippen LogP contribution in [0.1, 0.15) is 63.0 Å². The molecule has 166 valence electrons. The molecule has 6 nitrogen and oxygen atoms in total. The second kappa shape index (κ2) is 12.6. The van der Waals surface area contributed by atoms with Crippen LogP contribution in [-0.2, 0) is 17.9 Å². The molecule has 0 bridgehead atoms. The Morgan fingerprint density at radius 3 is 2.37 bits per heavy atom. The molecule has 1 amide bonds. The highest BCUT2D eigenvalue weighted by atomic mass is 16.2. The van der Waals surface area contributed by atoms with Gasteiger partial charge in [-0.15, -0.1) is 0 Å². The van der Waals surface area contributed by atoms with Crippen LogP contribution in [0.5, 0.6) is 0 Å². The summed E-state index contributed by atoms with van der Waals surface area (Å²) < 4.78 is 0. The monoisotopic (exact) mass is 413 g/mol. The lowest BCUT2D eigenvalue weighted by atomic mass is 10.1. The van der Waals surface area contributed by atoms with Crippen molar-refractivity contribution >= 4 is 11.9 Å². The number of nitrogens with one attached hydrogen (secondary N) is 2. The molecule has 3 rings (SSSR count). The summed E-state index contributed by atoms with van der Waals surface area (Å²) >= 11 is 0. The highest BCUT2D eigenvalue weighted by Crippen LogP contribution is 2.14. The number of benzene rings is 1. The molecule has 0 aromatic heterocycles. The average Bonchev–Trinajstić information content (AvgIpc) is 2.99. The average molecular weight is 414 g/mol. The molecule has 2 heterocycles. The molecule has 2 saturated heterocycles. The van der Waals surface area contributed by atoms with E-state index in [0.717, 1.165) is 51.5 Å². The van der Waals surface area contributed by atoms with Crippen molar-refractivity contribution in [3.8, 4) is 0 Å². The molecule has 0 atom stereocenters. The Balaban J connectivity index is 1.42. The molecule has 0 aliphatic carbocycles. The summed E-state index contributed by atoms with van der Waals surface area (Å²) in [6.45, 7) is 9.69. The van der Waals surface area contributed by atoms with E-state index in [0.29, 0.717) is 18.9 Å². The van der Waals surface area contributed by atoms with E-state index in [9.17, 15) is 4.79 Å². The minimum atomic E-state index is 0.301. The Hall–Kier alpha value is -2.08. The van der Waals surface area contributed by atoms with Crippen LogP contribution in [0.2, 0.25) is 0 Å². The van der Waals surface area contributed by atoms with Crippen LogP contribution in [0.15, 0.2) is 29.3 Å². The van der Waals surface area contributed by atoms with E-state index in [2.05, 4.69) is 46.7 Å². The van der Waals surface area contributed by atoms with Gasteiger partial charge in [-0.25, -0.2) is 4.99 Å².